The van der Waals surface area contributed by atoms with E-state index in [4.69, 9.17) is 15.5 Å². The Kier molecular flexibility index (Phi) is 5.90. The number of para-hydroxylation sites is 1. The number of rotatable bonds is 5. The van der Waals surface area contributed by atoms with E-state index in [0.29, 0.717) is 48.7 Å². The summed E-state index contributed by atoms with van der Waals surface area (Å²) in [6.07, 6.45) is 3.25. The molecule has 3 heterocycles. The summed E-state index contributed by atoms with van der Waals surface area (Å²) in [5, 5.41) is 0.857. The van der Waals surface area contributed by atoms with Crippen molar-refractivity contribution in [2.75, 3.05) is 19.4 Å². The summed E-state index contributed by atoms with van der Waals surface area (Å²) in [7, 11) is 1.60. The number of aromatic nitrogens is 3. The van der Waals surface area contributed by atoms with Gasteiger partial charge in [-0.2, -0.15) is 0 Å². The van der Waals surface area contributed by atoms with Gasteiger partial charge < -0.3 is 15.4 Å². The van der Waals surface area contributed by atoms with Gasteiger partial charge in [-0.25, -0.2) is 18.7 Å². The summed E-state index contributed by atoms with van der Waals surface area (Å²) in [5.41, 5.74) is 12.4. The lowest BCUT2D eigenvalue weighted by molar-refractivity contribution is -0.131. The molecule has 2 N–H and O–H groups in total. The number of fused-ring (bicyclic) bond motifs is 4. The Morgan fingerprint density at radius 2 is 1.92 bits per heavy atom. The van der Waals surface area contributed by atoms with Gasteiger partial charge in [0.05, 0.1) is 19.2 Å². The molecule has 1 aliphatic heterocycles. The molecule has 1 aliphatic rings. The molecule has 0 saturated carbocycles. The summed E-state index contributed by atoms with van der Waals surface area (Å²) in [6, 6.07) is 15.4. The number of anilines is 1. The molecule has 2 aromatic heterocycles. The van der Waals surface area contributed by atoms with Crippen LogP contribution in [0.4, 0.5) is 14.7 Å². The maximum absolute atomic E-state index is 13.6. The van der Waals surface area contributed by atoms with Crippen LogP contribution in [0.2, 0.25) is 0 Å². The zero-order valence-corrected chi connectivity index (χ0v) is 20.7. The predicted octanol–water partition coefficient (Wildman–Crippen LogP) is 4.47. The fourth-order valence-electron chi connectivity index (χ4n) is 5.23. The number of halogens is 2. The molecule has 0 bridgehead atoms. The topological polar surface area (TPSA) is 85.8 Å². The lowest BCUT2D eigenvalue weighted by Crippen LogP contribution is -2.37. The first-order valence-corrected chi connectivity index (χ1v) is 12.3. The molecule has 6 rings (SSSR count). The zero-order valence-electron chi connectivity index (χ0n) is 20.7. The number of imidazole rings is 1. The highest BCUT2D eigenvalue weighted by molar-refractivity contribution is 5.96. The van der Waals surface area contributed by atoms with Crippen LogP contribution in [0, 0.1) is 11.6 Å². The maximum atomic E-state index is 13.6. The van der Waals surface area contributed by atoms with Crippen LogP contribution in [0.1, 0.15) is 27.9 Å². The predicted molar refractivity (Wildman–Crippen MR) is 140 cm³/mol. The van der Waals surface area contributed by atoms with Crippen LogP contribution in [0.3, 0.4) is 0 Å². The second-order valence-electron chi connectivity index (χ2n) is 9.47. The number of methoxy groups -OCH3 is 1. The quantitative estimate of drug-likeness (QED) is 0.375. The van der Waals surface area contributed by atoms with Crippen LogP contribution in [-0.4, -0.2) is 38.8 Å². The molecule has 5 aromatic rings. The van der Waals surface area contributed by atoms with Gasteiger partial charge in [-0.05, 0) is 52.9 Å². The normalized spacial score (nSPS) is 13.2. The molecule has 0 unspecified atom stereocenters. The van der Waals surface area contributed by atoms with Crippen molar-refractivity contribution in [3.05, 3.63) is 100 Å². The van der Waals surface area contributed by atoms with E-state index in [-0.39, 0.29) is 12.3 Å². The summed E-state index contributed by atoms with van der Waals surface area (Å²) in [4.78, 5) is 24.1. The Hall–Kier alpha value is -4.53. The van der Waals surface area contributed by atoms with E-state index in [1.165, 1.54) is 11.6 Å². The molecule has 9 heteroatoms. The maximum Gasteiger partial charge on any atom is 0.227 e. The molecule has 1 amide bonds. The van der Waals surface area contributed by atoms with Crippen LogP contribution >= 0.6 is 0 Å². The highest BCUT2D eigenvalue weighted by Crippen LogP contribution is 2.30. The third kappa shape index (κ3) is 4.19. The molecule has 38 heavy (non-hydrogen) atoms. The Labute approximate surface area is 217 Å². The number of amides is 1. The highest BCUT2D eigenvalue weighted by atomic mass is 19.2. The molecule has 0 spiro atoms. The largest absolute Gasteiger partial charge is 0.494 e. The summed E-state index contributed by atoms with van der Waals surface area (Å²) < 4.78 is 34.1. The van der Waals surface area contributed by atoms with Gasteiger partial charge in [0.2, 0.25) is 11.9 Å². The second-order valence-corrected chi connectivity index (χ2v) is 9.47. The Balaban J connectivity index is 1.25. The van der Waals surface area contributed by atoms with Crippen molar-refractivity contribution in [2.24, 2.45) is 0 Å². The van der Waals surface area contributed by atoms with Gasteiger partial charge in [-0.1, -0.05) is 30.3 Å². The fourth-order valence-corrected chi connectivity index (χ4v) is 5.23. The Morgan fingerprint density at radius 3 is 2.74 bits per heavy atom. The smallest absolute Gasteiger partial charge is 0.227 e. The van der Waals surface area contributed by atoms with E-state index in [1.807, 2.05) is 36.5 Å². The first-order valence-electron chi connectivity index (χ1n) is 12.3. The van der Waals surface area contributed by atoms with Crippen LogP contribution in [-0.2, 0) is 30.6 Å². The first kappa shape index (κ1) is 23.8. The fraction of sp³-hybridized carbons (Fsp3) is 0.207. The molecule has 7 nitrogen and oxygen atoms in total. The first-order chi connectivity index (χ1) is 18.4. The van der Waals surface area contributed by atoms with Crippen molar-refractivity contribution in [1.82, 2.24) is 19.3 Å². The molecule has 192 valence electrons. The van der Waals surface area contributed by atoms with E-state index >= 15 is 0 Å². The molecule has 0 radical (unpaired) electrons. The molecule has 0 saturated heterocycles. The van der Waals surface area contributed by atoms with Gasteiger partial charge in [0.1, 0.15) is 16.9 Å². The van der Waals surface area contributed by atoms with Gasteiger partial charge in [0, 0.05) is 31.1 Å². The number of carbonyl (C=O) groups is 1. The molecular formula is C29H25F2N5O2. The zero-order chi connectivity index (χ0) is 26.4. The van der Waals surface area contributed by atoms with Crippen molar-refractivity contribution < 1.29 is 18.3 Å². The minimum Gasteiger partial charge on any atom is -0.494 e. The third-order valence-corrected chi connectivity index (χ3v) is 7.12. The minimum absolute atomic E-state index is 0.0294. The molecule has 0 fully saturated rings. The summed E-state index contributed by atoms with van der Waals surface area (Å²) >= 11 is 0. The average Bonchev–Trinajstić information content (AvgIpc) is 3.35. The number of nitrogens with two attached hydrogens (primary N) is 1. The van der Waals surface area contributed by atoms with Crippen LogP contribution in [0.5, 0.6) is 5.75 Å². The number of benzene rings is 3. The van der Waals surface area contributed by atoms with E-state index in [9.17, 15) is 13.6 Å². The summed E-state index contributed by atoms with van der Waals surface area (Å²) in [6.45, 7) is 1.02. The molecule has 0 atom stereocenters. The Morgan fingerprint density at radius 1 is 1.08 bits per heavy atom. The molecule has 3 aromatic carbocycles. The van der Waals surface area contributed by atoms with Crippen molar-refractivity contribution in [2.45, 2.75) is 25.8 Å². The number of hydrogen-bond donors (Lipinski definition) is 1. The van der Waals surface area contributed by atoms with Gasteiger partial charge in [-0.15, -0.1) is 0 Å². The third-order valence-electron chi connectivity index (χ3n) is 7.12. The minimum atomic E-state index is -0.944. The summed E-state index contributed by atoms with van der Waals surface area (Å²) in [5.74, 6) is -1.00. The van der Waals surface area contributed by atoms with Crippen LogP contribution in [0.25, 0.3) is 16.6 Å². The van der Waals surface area contributed by atoms with Gasteiger partial charge in [0.25, 0.3) is 0 Å². The number of hydrogen-bond acceptors (Lipinski definition) is 5. The SMILES string of the molecule is COc1cccc2c1nc(N)n1cc(Cc3cccc4c3CCN(C(=O)Cc3ccc(F)c(F)c3)C4)nc21. The highest BCUT2D eigenvalue weighted by Gasteiger charge is 2.23. The van der Waals surface area contributed by atoms with Gasteiger partial charge in [-0.3, -0.25) is 9.20 Å². The monoisotopic (exact) mass is 513 g/mol. The lowest BCUT2D eigenvalue weighted by Gasteiger charge is -2.30. The van der Waals surface area contributed by atoms with E-state index in [0.717, 1.165) is 40.0 Å². The van der Waals surface area contributed by atoms with Crippen molar-refractivity contribution in [3.8, 4) is 5.75 Å². The number of nitrogens with zero attached hydrogens (tertiary/aromatic N) is 4. The van der Waals surface area contributed by atoms with Crippen molar-refractivity contribution in [3.63, 3.8) is 0 Å². The van der Waals surface area contributed by atoms with Crippen molar-refractivity contribution in [1.29, 1.82) is 0 Å². The van der Waals surface area contributed by atoms with Crippen LogP contribution < -0.4 is 10.5 Å². The number of nitrogen functional groups attached to an aromatic ring is 1. The van der Waals surface area contributed by atoms with E-state index < -0.39 is 11.6 Å². The van der Waals surface area contributed by atoms with Crippen molar-refractivity contribution >= 4 is 28.4 Å². The second kappa shape index (κ2) is 9.41. The van der Waals surface area contributed by atoms with Crippen LogP contribution in [0.15, 0.2) is 60.8 Å². The van der Waals surface area contributed by atoms with E-state index in [2.05, 4.69) is 11.1 Å². The van der Waals surface area contributed by atoms with Gasteiger partial charge >= 0.3 is 0 Å². The Bertz CT molecular complexity index is 1720. The standard InChI is InChI=1S/C29H25F2N5O2/c1-38-25-7-3-6-22-27(25)34-29(32)36-16-20(33-28(22)36)14-18-4-2-5-19-15-35(11-10-21(18)19)26(37)13-17-8-9-23(30)24(31)12-17/h2-9,12,16H,10-11,13-15H2,1H3,(H2,32,34). The van der Waals surface area contributed by atoms with E-state index in [1.54, 1.807) is 16.4 Å². The molecular weight excluding hydrogens is 488 g/mol. The lowest BCUT2D eigenvalue weighted by atomic mass is 9.92. The molecule has 0 aliphatic carbocycles. The number of carbonyl (C=O) groups excluding carboxylic acids is 1. The van der Waals surface area contributed by atoms with Gasteiger partial charge in [0.15, 0.2) is 11.6 Å². The average molecular weight is 514 g/mol. The number of ether oxygens (including phenoxy) is 1.